The molecule has 2 heterocycles. The van der Waals surface area contributed by atoms with E-state index in [9.17, 15) is 14.4 Å². The minimum Gasteiger partial charge on any atom is -0.466 e. The minimum atomic E-state index is -0.233. The number of likely N-dealkylation sites (tertiary alicyclic amines) is 1. The van der Waals surface area contributed by atoms with E-state index >= 15 is 0 Å². The summed E-state index contributed by atoms with van der Waals surface area (Å²) in [6.45, 7) is 4.02. The van der Waals surface area contributed by atoms with Gasteiger partial charge in [-0.3, -0.25) is 19.4 Å². The molecule has 8 nitrogen and oxygen atoms in total. The number of piperidine rings is 1. The molecular formula is C24H30N4O4. The Morgan fingerprint density at radius 2 is 1.84 bits per heavy atom. The van der Waals surface area contributed by atoms with Gasteiger partial charge in [0.2, 0.25) is 5.91 Å². The van der Waals surface area contributed by atoms with Crippen molar-refractivity contribution in [2.24, 2.45) is 5.92 Å². The van der Waals surface area contributed by atoms with Crippen molar-refractivity contribution in [1.82, 2.24) is 19.8 Å². The number of amides is 2. The van der Waals surface area contributed by atoms with Gasteiger partial charge in [-0.2, -0.15) is 0 Å². The molecule has 3 rings (SSSR count). The number of carbonyl (C=O) groups is 3. The van der Waals surface area contributed by atoms with E-state index in [1.165, 1.54) is 18.6 Å². The second-order valence-corrected chi connectivity index (χ2v) is 7.78. The fourth-order valence-corrected chi connectivity index (χ4v) is 3.81. The van der Waals surface area contributed by atoms with Crippen LogP contribution in [0.4, 0.5) is 0 Å². The maximum Gasteiger partial charge on any atom is 0.309 e. The van der Waals surface area contributed by atoms with Crippen molar-refractivity contribution in [2.75, 3.05) is 32.8 Å². The first-order valence-electron chi connectivity index (χ1n) is 11.1. The third kappa shape index (κ3) is 6.60. The zero-order valence-corrected chi connectivity index (χ0v) is 18.5. The van der Waals surface area contributed by atoms with Crippen molar-refractivity contribution < 1.29 is 19.1 Å². The lowest BCUT2D eigenvalue weighted by atomic mass is 9.97. The van der Waals surface area contributed by atoms with Crippen LogP contribution < -0.4 is 0 Å². The number of nitrogens with zero attached hydrogens (tertiary/aromatic N) is 4. The molecule has 1 aromatic heterocycles. The van der Waals surface area contributed by atoms with Gasteiger partial charge in [0.25, 0.3) is 5.91 Å². The average molecular weight is 439 g/mol. The molecule has 1 saturated heterocycles. The molecule has 1 aliphatic rings. The summed E-state index contributed by atoms with van der Waals surface area (Å²) in [6, 6.07) is 9.92. The average Bonchev–Trinajstić information content (AvgIpc) is 2.85. The highest BCUT2D eigenvalue weighted by molar-refractivity contribution is 5.92. The van der Waals surface area contributed by atoms with E-state index in [1.807, 2.05) is 30.3 Å². The first kappa shape index (κ1) is 23.4. The molecule has 0 saturated carbocycles. The lowest BCUT2D eigenvalue weighted by Crippen LogP contribution is -2.42. The van der Waals surface area contributed by atoms with E-state index < -0.39 is 0 Å². The second-order valence-electron chi connectivity index (χ2n) is 7.78. The Morgan fingerprint density at radius 1 is 1.09 bits per heavy atom. The molecule has 170 valence electrons. The molecule has 8 heteroatoms. The van der Waals surface area contributed by atoms with Crippen LogP contribution in [0.2, 0.25) is 0 Å². The van der Waals surface area contributed by atoms with Gasteiger partial charge >= 0.3 is 5.97 Å². The first-order chi connectivity index (χ1) is 15.6. The van der Waals surface area contributed by atoms with Crippen molar-refractivity contribution in [1.29, 1.82) is 0 Å². The van der Waals surface area contributed by atoms with Gasteiger partial charge in [-0.1, -0.05) is 30.3 Å². The standard InChI is InChI=1S/C24H30N4O4/c1-2-32-24(31)20-9-15-27(16-10-20)22(29)11-17-28(14-8-19-6-4-3-5-7-19)23(30)21-18-25-12-13-26-21/h3-7,12-13,18,20H,2,8-11,14-17H2,1H3. The Labute approximate surface area is 188 Å². The highest BCUT2D eigenvalue weighted by atomic mass is 16.5. The quantitative estimate of drug-likeness (QED) is 0.558. The van der Waals surface area contributed by atoms with Crippen molar-refractivity contribution in [3.05, 3.63) is 60.2 Å². The van der Waals surface area contributed by atoms with Crippen LogP contribution in [-0.4, -0.2) is 70.3 Å². The van der Waals surface area contributed by atoms with Crippen LogP contribution in [0.1, 0.15) is 42.2 Å². The largest absolute Gasteiger partial charge is 0.466 e. The normalized spacial score (nSPS) is 14.1. The van der Waals surface area contributed by atoms with Crippen LogP contribution in [0.5, 0.6) is 0 Å². The van der Waals surface area contributed by atoms with Gasteiger partial charge < -0.3 is 14.5 Å². The highest BCUT2D eigenvalue weighted by Crippen LogP contribution is 2.19. The first-order valence-corrected chi connectivity index (χ1v) is 11.1. The van der Waals surface area contributed by atoms with Gasteiger partial charge in [-0.05, 0) is 31.7 Å². The molecule has 0 unspecified atom stereocenters. The SMILES string of the molecule is CCOC(=O)C1CCN(C(=O)CCN(CCc2ccccc2)C(=O)c2cnccn2)CC1. The monoisotopic (exact) mass is 438 g/mol. The molecule has 0 bridgehead atoms. The van der Waals surface area contributed by atoms with Crippen LogP contribution >= 0.6 is 0 Å². The van der Waals surface area contributed by atoms with Gasteiger partial charge in [-0.25, -0.2) is 4.98 Å². The number of carbonyl (C=O) groups excluding carboxylic acids is 3. The Balaban J connectivity index is 1.56. The van der Waals surface area contributed by atoms with E-state index in [4.69, 9.17) is 4.74 Å². The summed E-state index contributed by atoms with van der Waals surface area (Å²) in [6.07, 6.45) is 6.59. The molecule has 2 aromatic rings. The van der Waals surface area contributed by atoms with Gasteiger partial charge in [0.05, 0.1) is 18.7 Å². The molecule has 2 amide bonds. The molecule has 0 spiro atoms. The summed E-state index contributed by atoms with van der Waals surface area (Å²) in [5.74, 6) is -0.562. The summed E-state index contributed by atoms with van der Waals surface area (Å²) in [5.41, 5.74) is 1.39. The fourth-order valence-electron chi connectivity index (χ4n) is 3.81. The minimum absolute atomic E-state index is 0.0102. The molecular weight excluding hydrogens is 408 g/mol. The summed E-state index contributed by atoms with van der Waals surface area (Å²) in [7, 11) is 0. The molecule has 1 fully saturated rings. The van der Waals surface area contributed by atoms with E-state index in [1.54, 1.807) is 16.7 Å². The summed E-state index contributed by atoms with van der Waals surface area (Å²) in [5, 5.41) is 0. The molecule has 32 heavy (non-hydrogen) atoms. The van der Waals surface area contributed by atoms with Crippen molar-refractivity contribution in [2.45, 2.75) is 32.6 Å². The van der Waals surface area contributed by atoms with E-state index in [-0.39, 0.29) is 35.8 Å². The second kappa shape index (κ2) is 11.9. The lowest BCUT2D eigenvalue weighted by Gasteiger charge is -2.31. The smallest absolute Gasteiger partial charge is 0.309 e. The zero-order valence-electron chi connectivity index (χ0n) is 18.5. The molecule has 0 atom stereocenters. The third-order valence-corrected chi connectivity index (χ3v) is 5.65. The highest BCUT2D eigenvalue weighted by Gasteiger charge is 2.28. The molecule has 0 N–H and O–H groups in total. The van der Waals surface area contributed by atoms with E-state index in [0.717, 1.165) is 5.56 Å². The predicted molar refractivity (Wildman–Crippen MR) is 119 cm³/mol. The van der Waals surface area contributed by atoms with Crippen LogP contribution in [0, 0.1) is 5.92 Å². The van der Waals surface area contributed by atoms with Gasteiger partial charge in [-0.15, -0.1) is 0 Å². The van der Waals surface area contributed by atoms with Crippen molar-refractivity contribution in [3.63, 3.8) is 0 Å². The number of benzene rings is 1. The number of aromatic nitrogens is 2. The Hall–Kier alpha value is -3.29. The summed E-state index contributed by atoms with van der Waals surface area (Å²) in [4.78, 5) is 49.2. The summed E-state index contributed by atoms with van der Waals surface area (Å²) < 4.78 is 5.09. The summed E-state index contributed by atoms with van der Waals surface area (Å²) >= 11 is 0. The number of hydrogen-bond donors (Lipinski definition) is 0. The van der Waals surface area contributed by atoms with Crippen molar-refractivity contribution >= 4 is 17.8 Å². The van der Waals surface area contributed by atoms with Crippen LogP contribution in [-0.2, 0) is 20.7 Å². The van der Waals surface area contributed by atoms with Crippen molar-refractivity contribution in [3.8, 4) is 0 Å². The topological polar surface area (TPSA) is 92.7 Å². The number of esters is 1. The maximum atomic E-state index is 13.0. The van der Waals surface area contributed by atoms with Gasteiger partial charge in [0.15, 0.2) is 0 Å². The number of hydrogen-bond acceptors (Lipinski definition) is 6. The lowest BCUT2D eigenvalue weighted by molar-refractivity contribution is -0.151. The van der Waals surface area contributed by atoms with Crippen LogP contribution in [0.3, 0.4) is 0 Å². The Kier molecular flexibility index (Phi) is 8.71. The number of ether oxygens (including phenoxy) is 1. The Morgan fingerprint density at radius 3 is 2.50 bits per heavy atom. The van der Waals surface area contributed by atoms with Crippen LogP contribution in [0.15, 0.2) is 48.9 Å². The molecule has 0 radical (unpaired) electrons. The fraction of sp³-hybridized carbons (Fsp3) is 0.458. The van der Waals surface area contributed by atoms with E-state index in [2.05, 4.69) is 9.97 Å². The van der Waals surface area contributed by atoms with Gasteiger partial charge in [0.1, 0.15) is 5.69 Å². The van der Waals surface area contributed by atoms with E-state index in [0.29, 0.717) is 52.0 Å². The van der Waals surface area contributed by atoms with Crippen LogP contribution in [0.25, 0.3) is 0 Å². The number of rotatable bonds is 9. The zero-order chi connectivity index (χ0) is 22.8. The molecule has 1 aliphatic heterocycles. The molecule has 0 aliphatic carbocycles. The molecule has 1 aromatic carbocycles. The Bertz CT molecular complexity index is 883. The maximum absolute atomic E-state index is 13.0. The van der Waals surface area contributed by atoms with Gasteiger partial charge in [0, 0.05) is 45.0 Å². The predicted octanol–water partition coefficient (Wildman–Crippen LogP) is 2.35. The third-order valence-electron chi connectivity index (χ3n) is 5.65.